The molecule has 0 atom stereocenters. The smallest absolute Gasteiger partial charge is 0.0619 e. The van der Waals surface area contributed by atoms with Crippen molar-refractivity contribution in [3.63, 3.8) is 0 Å². The van der Waals surface area contributed by atoms with Gasteiger partial charge in [-0.15, -0.1) is 0 Å². The molecule has 0 radical (unpaired) electrons. The number of aromatic nitrogens is 2. The second kappa shape index (κ2) is 16.5. The summed E-state index contributed by atoms with van der Waals surface area (Å²) < 4.78 is 4.90. The highest BCUT2D eigenvalue weighted by Gasteiger charge is 2.21. The summed E-state index contributed by atoms with van der Waals surface area (Å²) in [4.78, 5) is 0. The van der Waals surface area contributed by atoms with E-state index in [9.17, 15) is 0 Å². The number of benzene rings is 11. The van der Waals surface area contributed by atoms with E-state index in [0.29, 0.717) is 0 Å². The molecule has 0 fully saturated rings. The van der Waals surface area contributed by atoms with E-state index in [1.54, 1.807) is 0 Å². The van der Waals surface area contributed by atoms with Crippen molar-refractivity contribution in [1.82, 2.24) is 9.13 Å². The Hall–Kier alpha value is -8.98. The maximum absolute atomic E-state index is 2.47. The van der Waals surface area contributed by atoms with Gasteiger partial charge in [0.05, 0.1) is 22.1 Å². The lowest BCUT2D eigenvalue weighted by Gasteiger charge is -2.14. The first kappa shape index (κ1) is 39.4. The largest absolute Gasteiger partial charge is 0.309 e. The maximum atomic E-state index is 2.47. The lowest BCUT2D eigenvalue weighted by Crippen LogP contribution is -1.96. The molecule has 0 aliphatic carbocycles. The molecule has 68 heavy (non-hydrogen) atoms. The van der Waals surface area contributed by atoms with E-state index >= 15 is 0 Å². The Labute approximate surface area is 395 Å². The Morgan fingerprint density at radius 2 is 0.603 bits per heavy atom. The molecular formula is C66H44N2. The van der Waals surface area contributed by atoms with Gasteiger partial charge in [-0.1, -0.05) is 212 Å². The van der Waals surface area contributed by atoms with Crippen LogP contribution in [0.3, 0.4) is 0 Å². The monoisotopic (exact) mass is 864 g/mol. The van der Waals surface area contributed by atoms with Crippen molar-refractivity contribution in [3.05, 3.63) is 267 Å². The van der Waals surface area contributed by atoms with Crippen molar-refractivity contribution < 1.29 is 0 Å². The van der Waals surface area contributed by atoms with E-state index in [0.717, 1.165) is 11.4 Å². The number of fused-ring (bicyclic) bond motifs is 6. The highest BCUT2D eigenvalue weighted by Crippen LogP contribution is 2.44. The molecule has 0 saturated heterocycles. The predicted octanol–water partition coefficient (Wildman–Crippen LogP) is 17.9. The van der Waals surface area contributed by atoms with Gasteiger partial charge >= 0.3 is 0 Å². The summed E-state index contributed by atoms with van der Waals surface area (Å²) in [6.45, 7) is 0. The fraction of sp³-hybridized carbons (Fsp3) is 0. The SMILES string of the molecule is c1ccc(-c2cccc(-c3cccc(-c4ccc(-c5ccc(-n6c7ccccc7c7c(-c8cccc9c%10ccccc%10n(-c%10cccc(-c%11ccccc%11)c%10)c89)cccc76)cc5)cc4)c3)c2)cc1. The van der Waals surface area contributed by atoms with Crippen LogP contribution in [0.1, 0.15) is 0 Å². The average molecular weight is 865 g/mol. The van der Waals surface area contributed by atoms with Gasteiger partial charge in [-0.2, -0.15) is 0 Å². The van der Waals surface area contributed by atoms with Gasteiger partial charge in [0.25, 0.3) is 0 Å². The molecule has 2 heterocycles. The van der Waals surface area contributed by atoms with Crippen molar-refractivity contribution in [3.8, 4) is 78.1 Å². The maximum Gasteiger partial charge on any atom is 0.0619 e. The second-order valence-electron chi connectivity index (χ2n) is 17.7. The Kier molecular flexibility index (Phi) is 9.54. The number of hydrogen-bond acceptors (Lipinski definition) is 0. The van der Waals surface area contributed by atoms with Gasteiger partial charge in [-0.25, -0.2) is 0 Å². The minimum atomic E-state index is 1.13. The molecule has 0 aliphatic heterocycles. The predicted molar refractivity (Wildman–Crippen MR) is 288 cm³/mol. The number of rotatable bonds is 8. The zero-order valence-electron chi connectivity index (χ0n) is 37.3. The van der Waals surface area contributed by atoms with E-state index < -0.39 is 0 Å². The van der Waals surface area contributed by atoms with Crippen LogP contribution in [0.4, 0.5) is 0 Å². The summed E-state index contributed by atoms with van der Waals surface area (Å²) >= 11 is 0. The standard InChI is InChI=1S/C66H44N2/c1-3-16-45(17-4-1)50-20-11-22-52(42-50)53-23-12-21-51(43-53)49-36-34-47(35-37-49)48-38-40-55(41-39-48)67-63-32-10-8-27-61(63)65-58(28-15-33-64(65)67)60-30-14-29-59-57-26-7-9-31-62(57)68(66(59)60)56-25-13-24-54(44-56)46-18-5-2-6-19-46/h1-44H. The third kappa shape index (κ3) is 6.73. The Bertz CT molecular complexity index is 3990. The summed E-state index contributed by atoms with van der Waals surface area (Å²) in [5.74, 6) is 0. The highest BCUT2D eigenvalue weighted by molar-refractivity contribution is 6.20. The topological polar surface area (TPSA) is 9.86 Å². The average Bonchev–Trinajstić information content (AvgIpc) is 3.95. The minimum absolute atomic E-state index is 1.13. The van der Waals surface area contributed by atoms with Crippen molar-refractivity contribution in [2.24, 2.45) is 0 Å². The Morgan fingerprint density at radius 1 is 0.206 bits per heavy atom. The molecule has 13 aromatic rings. The molecule has 2 aromatic heterocycles. The van der Waals surface area contributed by atoms with Crippen LogP contribution in [-0.4, -0.2) is 9.13 Å². The summed E-state index contributed by atoms with van der Waals surface area (Å²) in [6, 6.07) is 97.3. The van der Waals surface area contributed by atoms with Crippen molar-refractivity contribution in [2.45, 2.75) is 0 Å². The minimum Gasteiger partial charge on any atom is -0.309 e. The molecule has 11 aromatic carbocycles. The highest BCUT2D eigenvalue weighted by atomic mass is 15.0. The molecular weight excluding hydrogens is 821 g/mol. The molecule has 318 valence electrons. The molecule has 0 spiro atoms. The lowest BCUT2D eigenvalue weighted by atomic mass is 9.95. The summed E-state index contributed by atoms with van der Waals surface area (Å²) in [7, 11) is 0. The summed E-state index contributed by atoms with van der Waals surface area (Å²) in [6.07, 6.45) is 0. The van der Waals surface area contributed by atoms with Gasteiger partial charge in [0.1, 0.15) is 0 Å². The fourth-order valence-corrected chi connectivity index (χ4v) is 10.5. The van der Waals surface area contributed by atoms with Crippen LogP contribution in [0, 0.1) is 0 Å². The zero-order valence-corrected chi connectivity index (χ0v) is 37.3. The quantitative estimate of drug-likeness (QED) is 0.144. The van der Waals surface area contributed by atoms with Crippen molar-refractivity contribution in [2.75, 3.05) is 0 Å². The van der Waals surface area contributed by atoms with E-state index in [-0.39, 0.29) is 0 Å². The number of nitrogens with zero attached hydrogens (tertiary/aromatic N) is 2. The molecule has 0 unspecified atom stereocenters. The van der Waals surface area contributed by atoms with Gasteiger partial charge in [0.2, 0.25) is 0 Å². The van der Waals surface area contributed by atoms with Crippen molar-refractivity contribution >= 4 is 43.6 Å². The van der Waals surface area contributed by atoms with Gasteiger partial charge in [-0.3, -0.25) is 0 Å². The molecule has 0 amide bonds. The Morgan fingerprint density at radius 3 is 1.24 bits per heavy atom. The van der Waals surface area contributed by atoms with Gasteiger partial charge in [0, 0.05) is 38.5 Å². The molecule has 13 rings (SSSR count). The molecule has 2 nitrogen and oxygen atoms in total. The molecule has 0 saturated carbocycles. The first-order valence-electron chi connectivity index (χ1n) is 23.4. The molecule has 2 heteroatoms. The third-order valence-electron chi connectivity index (χ3n) is 13.7. The fourth-order valence-electron chi connectivity index (χ4n) is 10.5. The summed E-state index contributed by atoms with van der Waals surface area (Å²) in [5, 5.41) is 4.97. The first-order chi connectivity index (χ1) is 33.7. The molecule has 0 bridgehead atoms. The third-order valence-corrected chi connectivity index (χ3v) is 13.7. The van der Waals surface area contributed by atoms with E-state index in [1.807, 2.05) is 0 Å². The van der Waals surface area contributed by atoms with Gasteiger partial charge in [0.15, 0.2) is 0 Å². The van der Waals surface area contributed by atoms with Gasteiger partial charge < -0.3 is 9.13 Å². The van der Waals surface area contributed by atoms with Crippen LogP contribution in [0.5, 0.6) is 0 Å². The van der Waals surface area contributed by atoms with Crippen molar-refractivity contribution in [1.29, 1.82) is 0 Å². The molecule has 0 aliphatic rings. The van der Waals surface area contributed by atoms with E-state index in [1.165, 1.54) is 110 Å². The zero-order chi connectivity index (χ0) is 45.0. The van der Waals surface area contributed by atoms with Crippen LogP contribution in [0.25, 0.3) is 122 Å². The number of hydrogen-bond donors (Lipinski definition) is 0. The van der Waals surface area contributed by atoms with E-state index in [4.69, 9.17) is 0 Å². The van der Waals surface area contributed by atoms with Crippen LogP contribution in [-0.2, 0) is 0 Å². The molecule has 0 N–H and O–H groups in total. The van der Waals surface area contributed by atoms with Gasteiger partial charge in [-0.05, 0) is 116 Å². The summed E-state index contributed by atoms with van der Waals surface area (Å²) in [5.41, 5.74) is 21.5. The normalized spacial score (nSPS) is 11.5. The first-order valence-corrected chi connectivity index (χ1v) is 23.4. The lowest BCUT2D eigenvalue weighted by molar-refractivity contribution is 1.18. The second-order valence-corrected chi connectivity index (χ2v) is 17.7. The van der Waals surface area contributed by atoms with E-state index in [2.05, 4.69) is 276 Å². The number of para-hydroxylation sites is 3. The van der Waals surface area contributed by atoms with Crippen LogP contribution in [0.15, 0.2) is 267 Å². The Balaban J connectivity index is 0.870. The van der Waals surface area contributed by atoms with Crippen LogP contribution < -0.4 is 0 Å². The van der Waals surface area contributed by atoms with Crippen LogP contribution in [0.2, 0.25) is 0 Å². The van der Waals surface area contributed by atoms with Crippen LogP contribution >= 0.6 is 0 Å².